The van der Waals surface area contributed by atoms with Gasteiger partial charge in [-0.1, -0.05) is 0 Å². The maximum absolute atomic E-state index is 11.0. The number of pyridine rings is 1. The lowest BCUT2D eigenvalue weighted by molar-refractivity contribution is 0.0692. The van der Waals surface area contributed by atoms with Crippen molar-refractivity contribution in [2.75, 3.05) is 5.73 Å². The van der Waals surface area contributed by atoms with Crippen molar-refractivity contribution in [1.29, 1.82) is 0 Å². The fourth-order valence-corrected chi connectivity index (χ4v) is 2.98. The summed E-state index contributed by atoms with van der Waals surface area (Å²) in [4.78, 5) is 19.3. The van der Waals surface area contributed by atoms with E-state index < -0.39 is 5.97 Å². The molecular formula is C10H9N3O2S2. The minimum atomic E-state index is -1.04. The van der Waals surface area contributed by atoms with Gasteiger partial charge in [0.1, 0.15) is 5.03 Å². The molecular weight excluding hydrogens is 258 g/mol. The highest BCUT2D eigenvalue weighted by atomic mass is 32.2. The molecule has 2 aromatic rings. The molecule has 3 N–H and O–H groups in total. The Balaban J connectivity index is 2.35. The third-order valence-corrected chi connectivity index (χ3v) is 3.96. The molecule has 0 aliphatic carbocycles. The lowest BCUT2D eigenvalue weighted by atomic mass is 10.3. The number of nitrogen functional groups attached to an aromatic ring is 1. The fraction of sp³-hybridized carbons (Fsp3) is 0.100. The molecule has 0 aromatic carbocycles. The molecule has 7 heteroatoms. The van der Waals surface area contributed by atoms with Crippen molar-refractivity contribution in [3.8, 4) is 0 Å². The number of carbonyl (C=O) groups is 1. The molecule has 0 bridgehead atoms. The maximum Gasteiger partial charge on any atom is 0.338 e. The molecule has 0 spiro atoms. The summed E-state index contributed by atoms with van der Waals surface area (Å²) in [7, 11) is 0. The first kappa shape index (κ1) is 11.9. The molecule has 0 saturated heterocycles. The van der Waals surface area contributed by atoms with Crippen LogP contribution in [0.25, 0.3) is 0 Å². The minimum Gasteiger partial charge on any atom is -0.478 e. The van der Waals surface area contributed by atoms with E-state index in [1.807, 2.05) is 12.3 Å². The first-order valence-corrected chi connectivity index (χ1v) is 6.34. The van der Waals surface area contributed by atoms with E-state index in [4.69, 9.17) is 10.8 Å². The third-order valence-electron chi connectivity index (χ3n) is 1.88. The van der Waals surface area contributed by atoms with Crippen molar-refractivity contribution in [2.45, 2.75) is 16.3 Å². The van der Waals surface area contributed by atoms with Crippen LogP contribution in [0, 0.1) is 6.92 Å². The summed E-state index contributed by atoms with van der Waals surface area (Å²) in [6, 6.07) is 1.40. The first-order valence-electron chi connectivity index (χ1n) is 4.65. The van der Waals surface area contributed by atoms with Gasteiger partial charge in [-0.2, -0.15) is 0 Å². The summed E-state index contributed by atoms with van der Waals surface area (Å²) < 4.78 is 0.766. The molecule has 2 rings (SSSR count). The average molecular weight is 267 g/mol. The topological polar surface area (TPSA) is 89.1 Å². The second-order valence-electron chi connectivity index (χ2n) is 3.28. The van der Waals surface area contributed by atoms with Gasteiger partial charge in [-0.15, -0.1) is 11.3 Å². The minimum absolute atomic E-state index is 0.0999. The number of aromatic carboxylic acids is 1. The summed E-state index contributed by atoms with van der Waals surface area (Å²) in [5.74, 6) is -1.04. The van der Waals surface area contributed by atoms with Gasteiger partial charge in [0.2, 0.25) is 0 Å². The largest absolute Gasteiger partial charge is 0.478 e. The quantitative estimate of drug-likeness (QED) is 0.886. The molecule has 0 fully saturated rings. The summed E-state index contributed by atoms with van der Waals surface area (Å²) in [6.45, 7) is 1.88. The van der Waals surface area contributed by atoms with Crippen LogP contribution in [0.3, 0.4) is 0 Å². The second-order valence-corrected chi connectivity index (χ2v) is 5.38. The molecule has 88 valence electrons. The van der Waals surface area contributed by atoms with Crippen LogP contribution >= 0.6 is 23.1 Å². The molecule has 2 heterocycles. The van der Waals surface area contributed by atoms with E-state index in [1.165, 1.54) is 35.4 Å². The van der Waals surface area contributed by atoms with Gasteiger partial charge in [0, 0.05) is 11.1 Å². The van der Waals surface area contributed by atoms with Crippen LogP contribution in [0.1, 0.15) is 16.1 Å². The molecule has 0 amide bonds. The number of thiazole rings is 1. The van der Waals surface area contributed by atoms with E-state index in [0.717, 1.165) is 10.0 Å². The number of carboxylic acid groups (broad SMARTS) is 1. The Morgan fingerprint density at radius 3 is 2.94 bits per heavy atom. The van der Waals surface area contributed by atoms with Gasteiger partial charge in [-0.05, 0) is 24.8 Å². The zero-order valence-corrected chi connectivity index (χ0v) is 10.5. The van der Waals surface area contributed by atoms with Gasteiger partial charge in [0.05, 0.1) is 17.4 Å². The van der Waals surface area contributed by atoms with Crippen LogP contribution in [0.15, 0.2) is 27.0 Å². The summed E-state index contributed by atoms with van der Waals surface area (Å²) in [5, 5.41) is 11.4. The Bertz CT molecular complexity index is 568. The van der Waals surface area contributed by atoms with Gasteiger partial charge in [-0.3, -0.25) is 0 Å². The molecule has 0 saturated carbocycles. The smallest absolute Gasteiger partial charge is 0.338 e. The van der Waals surface area contributed by atoms with Crippen LogP contribution in [-0.2, 0) is 0 Å². The van der Waals surface area contributed by atoms with E-state index in [-0.39, 0.29) is 5.56 Å². The van der Waals surface area contributed by atoms with Crippen LogP contribution in [0.2, 0.25) is 0 Å². The van der Waals surface area contributed by atoms with E-state index in [2.05, 4.69) is 9.97 Å². The SMILES string of the molecule is Cc1csc(Sc2ncc(N)cc2C(=O)O)n1. The summed E-state index contributed by atoms with van der Waals surface area (Å²) >= 11 is 2.69. The Kier molecular flexibility index (Phi) is 3.30. The summed E-state index contributed by atoms with van der Waals surface area (Å²) in [5.41, 5.74) is 6.86. The second kappa shape index (κ2) is 4.72. The average Bonchev–Trinajstić information content (AvgIpc) is 2.66. The van der Waals surface area contributed by atoms with Crippen LogP contribution in [-0.4, -0.2) is 21.0 Å². The molecule has 17 heavy (non-hydrogen) atoms. The highest BCUT2D eigenvalue weighted by Crippen LogP contribution is 2.31. The number of hydrogen-bond donors (Lipinski definition) is 2. The molecule has 0 aliphatic heterocycles. The van der Waals surface area contributed by atoms with Gasteiger partial charge in [0.25, 0.3) is 0 Å². The number of aryl methyl sites for hydroxylation is 1. The van der Waals surface area contributed by atoms with Crippen molar-refractivity contribution >= 4 is 34.8 Å². The van der Waals surface area contributed by atoms with Crippen molar-refractivity contribution in [3.05, 3.63) is 28.9 Å². The van der Waals surface area contributed by atoms with Crippen molar-refractivity contribution in [3.63, 3.8) is 0 Å². The van der Waals surface area contributed by atoms with Gasteiger partial charge < -0.3 is 10.8 Å². The Morgan fingerprint density at radius 2 is 2.35 bits per heavy atom. The lowest BCUT2D eigenvalue weighted by Crippen LogP contribution is -2.02. The Morgan fingerprint density at radius 1 is 1.59 bits per heavy atom. The third kappa shape index (κ3) is 2.75. The van der Waals surface area contributed by atoms with Crippen molar-refractivity contribution < 1.29 is 9.90 Å². The fourth-order valence-electron chi connectivity index (χ4n) is 1.16. The monoisotopic (exact) mass is 267 g/mol. The van der Waals surface area contributed by atoms with E-state index in [1.54, 1.807) is 0 Å². The highest BCUT2D eigenvalue weighted by molar-refractivity contribution is 8.01. The molecule has 0 atom stereocenters. The van der Waals surface area contributed by atoms with Crippen LogP contribution in [0.4, 0.5) is 5.69 Å². The predicted octanol–water partition coefficient (Wildman–Crippen LogP) is 2.28. The number of rotatable bonds is 3. The van der Waals surface area contributed by atoms with Crippen LogP contribution in [0.5, 0.6) is 0 Å². The Hall–Kier alpha value is -1.60. The molecule has 0 radical (unpaired) electrons. The number of anilines is 1. The molecule has 5 nitrogen and oxygen atoms in total. The van der Waals surface area contributed by atoms with Crippen molar-refractivity contribution in [2.24, 2.45) is 0 Å². The van der Waals surface area contributed by atoms with Gasteiger partial charge in [0.15, 0.2) is 4.34 Å². The number of nitrogens with zero attached hydrogens (tertiary/aromatic N) is 2. The predicted molar refractivity (Wildman–Crippen MR) is 66.6 cm³/mol. The zero-order chi connectivity index (χ0) is 12.4. The van der Waals surface area contributed by atoms with E-state index in [0.29, 0.717) is 10.7 Å². The Labute approximate surface area is 106 Å². The standard InChI is InChI=1S/C10H9N3O2S2/c1-5-4-16-10(13-5)17-8-7(9(14)15)2-6(11)3-12-8/h2-4H,11H2,1H3,(H,14,15). The number of aromatic nitrogens is 2. The normalized spacial score (nSPS) is 10.4. The maximum atomic E-state index is 11.0. The van der Waals surface area contributed by atoms with Gasteiger partial charge >= 0.3 is 5.97 Å². The first-order chi connectivity index (χ1) is 8.06. The number of hydrogen-bond acceptors (Lipinski definition) is 6. The van der Waals surface area contributed by atoms with E-state index >= 15 is 0 Å². The number of carboxylic acids is 1. The number of nitrogens with two attached hydrogens (primary N) is 1. The molecule has 0 unspecified atom stereocenters. The van der Waals surface area contributed by atoms with E-state index in [9.17, 15) is 4.79 Å². The van der Waals surface area contributed by atoms with Gasteiger partial charge in [-0.25, -0.2) is 14.8 Å². The van der Waals surface area contributed by atoms with Crippen molar-refractivity contribution in [1.82, 2.24) is 9.97 Å². The zero-order valence-electron chi connectivity index (χ0n) is 8.88. The lowest BCUT2D eigenvalue weighted by Gasteiger charge is -2.03. The highest BCUT2D eigenvalue weighted by Gasteiger charge is 2.14. The molecule has 0 aliphatic rings. The summed E-state index contributed by atoms with van der Waals surface area (Å²) in [6.07, 6.45) is 1.44. The van der Waals surface area contributed by atoms with Crippen LogP contribution < -0.4 is 5.73 Å². The molecule has 2 aromatic heterocycles.